The van der Waals surface area contributed by atoms with Crippen LogP contribution >= 0.6 is 0 Å². The average molecular weight is 348 g/mol. The lowest BCUT2D eigenvalue weighted by molar-refractivity contribution is 0.289. The molecule has 0 unspecified atom stereocenters. The SMILES string of the molecule is COc1ccc2c(NS(=O)(=O)c3cnn(C4CCC4)c3)noc2c1. The van der Waals surface area contributed by atoms with Gasteiger partial charge in [-0.3, -0.25) is 9.40 Å². The number of hydrogen-bond donors (Lipinski definition) is 1. The number of ether oxygens (including phenoxy) is 1. The first-order valence-electron chi connectivity index (χ1n) is 7.57. The van der Waals surface area contributed by atoms with Gasteiger partial charge in [0, 0.05) is 12.3 Å². The van der Waals surface area contributed by atoms with Crippen molar-refractivity contribution >= 4 is 26.8 Å². The molecular weight excluding hydrogens is 332 g/mol. The van der Waals surface area contributed by atoms with Crippen molar-refractivity contribution in [1.82, 2.24) is 14.9 Å². The van der Waals surface area contributed by atoms with Crippen molar-refractivity contribution in [3.05, 3.63) is 30.6 Å². The molecule has 24 heavy (non-hydrogen) atoms. The molecule has 2 heterocycles. The first-order valence-corrected chi connectivity index (χ1v) is 9.05. The van der Waals surface area contributed by atoms with E-state index in [1.165, 1.54) is 6.20 Å². The number of methoxy groups -OCH3 is 1. The number of hydrogen-bond acceptors (Lipinski definition) is 6. The van der Waals surface area contributed by atoms with Crippen molar-refractivity contribution in [3.63, 3.8) is 0 Å². The minimum absolute atomic E-state index is 0.110. The Labute approximate surface area is 138 Å². The van der Waals surface area contributed by atoms with Crippen LogP contribution in [0.5, 0.6) is 5.75 Å². The van der Waals surface area contributed by atoms with E-state index in [9.17, 15) is 8.42 Å². The van der Waals surface area contributed by atoms with Gasteiger partial charge in [0.25, 0.3) is 10.0 Å². The van der Waals surface area contributed by atoms with Crippen molar-refractivity contribution in [3.8, 4) is 5.75 Å². The molecule has 1 aliphatic carbocycles. The molecule has 1 aromatic carbocycles. The van der Waals surface area contributed by atoms with Crippen LogP contribution in [0.15, 0.2) is 40.0 Å². The highest BCUT2D eigenvalue weighted by Gasteiger charge is 2.24. The Bertz CT molecular complexity index is 988. The number of anilines is 1. The van der Waals surface area contributed by atoms with Gasteiger partial charge in [-0.1, -0.05) is 5.16 Å². The number of sulfonamides is 1. The van der Waals surface area contributed by atoms with Crippen molar-refractivity contribution in [2.45, 2.75) is 30.2 Å². The van der Waals surface area contributed by atoms with Gasteiger partial charge < -0.3 is 9.26 Å². The molecule has 1 saturated carbocycles. The van der Waals surface area contributed by atoms with Crippen LogP contribution in [0.1, 0.15) is 25.3 Å². The minimum Gasteiger partial charge on any atom is -0.497 e. The van der Waals surface area contributed by atoms with Gasteiger partial charge >= 0.3 is 0 Å². The van der Waals surface area contributed by atoms with E-state index < -0.39 is 10.0 Å². The zero-order chi connectivity index (χ0) is 16.7. The summed E-state index contributed by atoms with van der Waals surface area (Å²) >= 11 is 0. The molecule has 0 atom stereocenters. The Hall–Kier alpha value is -2.55. The first-order chi connectivity index (χ1) is 11.6. The van der Waals surface area contributed by atoms with Gasteiger partial charge in [-0.15, -0.1) is 0 Å². The standard InChI is InChI=1S/C15H16N4O4S/c1-22-11-5-6-13-14(7-11)23-17-15(13)18-24(20,21)12-8-16-19(9-12)10-3-2-4-10/h5-10H,2-4H2,1H3,(H,17,18). The summed E-state index contributed by atoms with van der Waals surface area (Å²) in [7, 11) is -2.23. The van der Waals surface area contributed by atoms with Gasteiger partial charge in [0.05, 0.1) is 24.7 Å². The van der Waals surface area contributed by atoms with Crippen LogP contribution < -0.4 is 9.46 Å². The summed E-state index contributed by atoms with van der Waals surface area (Å²) in [5, 5.41) is 8.52. The van der Waals surface area contributed by atoms with Gasteiger partial charge in [0.15, 0.2) is 11.4 Å². The predicted molar refractivity (Wildman–Crippen MR) is 86.5 cm³/mol. The molecule has 0 aliphatic heterocycles. The van der Waals surface area contributed by atoms with E-state index in [0.717, 1.165) is 19.3 Å². The molecule has 0 amide bonds. The van der Waals surface area contributed by atoms with Crippen LogP contribution in [0.2, 0.25) is 0 Å². The van der Waals surface area contributed by atoms with Gasteiger partial charge in [-0.2, -0.15) is 5.10 Å². The molecule has 1 aliphatic rings. The lowest BCUT2D eigenvalue weighted by Crippen LogP contribution is -2.17. The fourth-order valence-electron chi connectivity index (χ4n) is 2.61. The van der Waals surface area contributed by atoms with Crippen LogP contribution in [0.4, 0.5) is 5.82 Å². The van der Waals surface area contributed by atoms with Gasteiger partial charge in [-0.25, -0.2) is 8.42 Å². The third-order valence-electron chi connectivity index (χ3n) is 4.25. The van der Waals surface area contributed by atoms with Crippen LogP contribution in [0, 0.1) is 0 Å². The maximum Gasteiger partial charge on any atom is 0.266 e. The topological polar surface area (TPSA) is 99.2 Å². The number of rotatable bonds is 5. The number of fused-ring (bicyclic) bond motifs is 1. The molecule has 3 aromatic rings. The molecule has 1 N–H and O–H groups in total. The van der Waals surface area contributed by atoms with Crippen LogP contribution in [0.25, 0.3) is 11.0 Å². The lowest BCUT2D eigenvalue weighted by Gasteiger charge is -2.25. The molecule has 0 radical (unpaired) electrons. The second-order valence-electron chi connectivity index (χ2n) is 5.74. The Morgan fingerprint density at radius 3 is 2.92 bits per heavy atom. The van der Waals surface area contributed by atoms with Crippen molar-refractivity contribution < 1.29 is 17.7 Å². The van der Waals surface area contributed by atoms with E-state index >= 15 is 0 Å². The summed E-state index contributed by atoms with van der Waals surface area (Å²) in [6, 6.07) is 5.36. The quantitative estimate of drug-likeness (QED) is 0.761. The predicted octanol–water partition coefficient (Wildman–Crippen LogP) is 2.56. The second-order valence-corrected chi connectivity index (χ2v) is 7.42. The normalized spacial score (nSPS) is 15.4. The summed E-state index contributed by atoms with van der Waals surface area (Å²) in [4.78, 5) is 0.110. The average Bonchev–Trinajstić information content (AvgIpc) is 3.13. The Kier molecular flexibility index (Phi) is 3.45. The molecule has 4 rings (SSSR count). The minimum atomic E-state index is -3.77. The van der Waals surface area contributed by atoms with Gasteiger partial charge in [0.2, 0.25) is 0 Å². The zero-order valence-corrected chi connectivity index (χ0v) is 13.8. The number of aromatic nitrogens is 3. The van der Waals surface area contributed by atoms with E-state index in [2.05, 4.69) is 15.0 Å². The largest absolute Gasteiger partial charge is 0.497 e. The monoisotopic (exact) mass is 348 g/mol. The highest BCUT2D eigenvalue weighted by molar-refractivity contribution is 7.92. The number of benzene rings is 1. The van der Waals surface area contributed by atoms with E-state index in [-0.39, 0.29) is 10.7 Å². The molecule has 126 valence electrons. The smallest absolute Gasteiger partial charge is 0.266 e. The van der Waals surface area contributed by atoms with Gasteiger partial charge in [-0.05, 0) is 31.4 Å². The van der Waals surface area contributed by atoms with Crippen LogP contribution in [-0.2, 0) is 10.0 Å². The van der Waals surface area contributed by atoms with Crippen molar-refractivity contribution in [2.24, 2.45) is 0 Å². The summed E-state index contributed by atoms with van der Waals surface area (Å²) < 4.78 is 39.5. The fraction of sp³-hybridized carbons (Fsp3) is 0.333. The highest BCUT2D eigenvalue weighted by atomic mass is 32.2. The van der Waals surface area contributed by atoms with E-state index in [4.69, 9.17) is 9.26 Å². The number of nitrogens with one attached hydrogen (secondary N) is 1. The van der Waals surface area contributed by atoms with E-state index in [0.29, 0.717) is 22.8 Å². The van der Waals surface area contributed by atoms with Gasteiger partial charge in [0.1, 0.15) is 10.6 Å². The Balaban J connectivity index is 1.62. The second kappa shape index (κ2) is 5.52. The van der Waals surface area contributed by atoms with Crippen molar-refractivity contribution in [1.29, 1.82) is 0 Å². The molecule has 1 fully saturated rings. The number of nitrogens with zero attached hydrogens (tertiary/aromatic N) is 3. The maximum absolute atomic E-state index is 12.5. The summed E-state index contributed by atoms with van der Waals surface area (Å²) in [6.45, 7) is 0. The van der Waals surface area contributed by atoms with Crippen LogP contribution in [0.3, 0.4) is 0 Å². The van der Waals surface area contributed by atoms with Crippen molar-refractivity contribution in [2.75, 3.05) is 11.8 Å². The molecule has 0 bridgehead atoms. The highest BCUT2D eigenvalue weighted by Crippen LogP contribution is 2.32. The third kappa shape index (κ3) is 2.50. The maximum atomic E-state index is 12.5. The molecular formula is C15H16N4O4S. The molecule has 0 saturated heterocycles. The molecule has 9 heteroatoms. The first kappa shape index (κ1) is 15.0. The van der Waals surface area contributed by atoms with E-state index in [1.807, 2.05) is 0 Å². The molecule has 8 nitrogen and oxygen atoms in total. The Morgan fingerprint density at radius 1 is 1.38 bits per heavy atom. The Morgan fingerprint density at radius 2 is 2.21 bits per heavy atom. The van der Waals surface area contributed by atoms with E-state index in [1.54, 1.807) is 36.2 Å². The summed E-state index contributed by atoms with van der Waals surface area (Å²) in [5.41, 5.74) is 0.442. The summed E-state index contributed by atoms with van der Waals surface area (Å²) in [6.07, 6.45) is 6.12. The summed E-state index contributed by atoms with van der Waals surface area (Å²) in [5.74, 6) is 0.749. The molecule has 2 aromatic heterocycles. The zero-order valence-electron chi connectivity index (χ0n) is 13.0. The fourth-order valence-corrected chi connectivity index (χ4v) is 3.57. The molecule has 0 spiro atoms. The van der Waals surface area contributed by atoms with Crippen LogP contribution in [-0.4, -0.2) is 30.5 Å². The lowest BCUT2D eigenvalue weighted by atomic mass is 9.93. The third-order valence-corrected chi connectivity index (χ3v) is 5.54.